The molecule has 0 fully saturated rings. The molecule has 1 rings (SSSR count). The number of aromatic nitrogens is 2. The van der Waals surface area contributed by atoms with Crippen molar-refractivity contribution in [3.05, 3.63) is 26.1 Å². The van der Waals surface area contributed by atoms with Gasteiger partial charge in [-0.05, 0) is 6.92 Å². The fraction of sp³-hybridized carbons (Fsp3) is 0.429. The minimum absolute atomic E-state index is 0. The summed E-state index contributed by atoms with van der Waals surface area (Å²) in [5, 5.41) is 0. The van der Waals surface area contributed by atoms with Crippen molar-refractivity contribution in [3.8, 4) is 0 Å². The summed E-state index contributed by atoms with van der Waals surface area (Å²) < 4.78 is 43.2. The average molecular weight is 210 g/mol. The summed E-state index contributed by atoms with van der Waals surface area (Å²) in [5.74, 6) is 0. The average Bonchev–Trinajstić information content (AvgIpc) is 2.31. The van der Waals surface area contributed by atoms with Crippen LogP contribution in [0.15, 0.2) is 18.7 Å². The SMILES string of the molecule is CC[n+]1ccn(C)c1.F[B-](F)(F)F.[C+4]. The van der Waals surface area contributed by atoms with Gasteiger partial charge >= 0.3 is 14.7 Å². The molecule has 0 aliphatic rings. The molecule has 0 aromatic carbocycles. The summed E-state index contributed by atoms with van der Waals surface area (Å²) in [5.41, 5.74) is 0. The van der Waals surface area contributed by atoms with Crippen LogP contribution in [0.5, 0.6) is 0 Å². The third kappa shape index (κ3) is 11.0. The molecule has 0 spiro atoms. The van der Waals surface area contributed by atoms with Crippen molar-refractivity contribution in [1.29, 1.82) is 0 Å². The van der Waals surface area contributed by atoms with E-state index in [0.717, 1.165) is 6.54 Å². The van der Waals surface area contributed by atoms with E-state index in [1.54, 1.807) is 0 Å². The van der Waals surface area contributed by atoms with Crippen LogP contribution in [-0.2, 0) is 13.6 Å². The zero-order valence-corrected chi connectivity index (χ0v) is 7.92. The largest absolute Gasteiger partial charge is 4.00 e. The molecule has 0 saturated carbocycles. The summed E-state index contributed by atoms with van der Waals surface area (Å²) in [6.07, 6.45) is 6.14. The third-order valence-electron chi connectivity index (χ3n) is 1.19. The summed E-state index contributed by atoms with van der Waals surface area (Å²) in [6.45, 7) is 3.18. The Morgan fingerprint density at radius 2 is 1.71 bits per heavy atom. The quantitative estimate of drug-likeness (QED) is 0.379. The molecular weight excluding hydrogens is 199 g/mol. The smallest absolute Gasteiger partial charge is 0.418 e. The minimum Gasteiger partial charge on any atom is -0.418 e. The first-order valence-electron chi connectivity index (χ1n) is 3.71. The number of hydrogen-bond donors (Lipinski definition) is 0. The van der Waals surface area contributed by atoms with Gasteiger partial charge in [0.05, 0.1) is 13.6 Å². The molecule has 76 valence electrons. The zero-order valence-electron chi connectivity index (χ0n) is 7.92. The third-order valence-corrected chi connectivity index (χ3v) is 1.19. The fourth-order valence-corrected chi connectivity index (χ4v) is 0.689. The second-order valence-electron chi connectivity index (χ2n) is 2.40. The molecule has 0 radical (unpaired) electrons. The first kappa shape index (κ1) is 15.5. The van der Waals surface area contributed by atoms with Crippen LogP contribution in [0.3, 0.4) is 0 Å². The van der Waals surface area contributed by atoms with Crippen LogP contribution in [0.25, 0.3) is 0 Å². The minimum atomic E-state index is -6.00. The fourth-order valence-electron chi connectivity index (χ4n) is 0.689. The maximum atomic E-state index is 9.75. The van der Waals surface area contributed by atoms with Crippen LogP contribution in [0.4, 0.5) is 17.3 Å². The molecule has 1 heterocycles. The monoisotopic (exact) mass is 210 g/mol. The Balaban J connectivity index is 0. The number of aryl methyl sites for hydroxylation is 2. The molecule has 14 heavy (non-hydrogen) atoms. The molecule has 0 aliphatic heterocycles. The van der Waals surface area contributed by atoms with Gasteiger partial charge in [0.2, 0.25) is 6.33 Å². The van der Waals surface area contributed by atoms with Gasteiger partial charge < -0.3 is 17.3 Å². The maximum absolute atomic E-state index is 9.75. The van der Waals surface area contributed by atoms with Gasteiger partial charge in [0.1, 0.15) is 12.4 Å². The molecule has 0 unspecified atom stereocenters. The molecule has 0 saturated heterocycles. The van der Waals surface area contributed by atoms with Gasteiger partial charge in [-0.1, -0.05) is 0 Å². The number of rotatable bonds is 1. The second kappa shape index (κ2) is 6.45. The van der Waals surface area contributed by atoms with E-state index in [-0.39, 0.29) is 7.43 Å². The molecule has 7 heteroatoms. The van der Waals surface area contributed by atoms with Crippen LogP contribution < -0.4 is 4.57 Å². The van der Waals surface area contributed by atoms with Crippen molar-refractivity contribution < 1.29 is 21.8 Å². The van der Waals surface area contributed by atoms with Crippen molar-refractivity contribution in [2.45, 2.75) is 13.5 Å². The number of halogens is 4. The van der Waals surface area contributed by atoms with Crippen LogP contribution in [0, 0.1) is 7.43 Å². The first-order chi connectivity index (χ1) is 5.83. The molecule has 0 aliphatic carbocycles. The molecule has 0 atom stereocenters. The Kier molecular flexibility index (Phi) is 7.12. The molecule has 1 aromatic rings. The molecular formula is C7H11BF4N2+4. The van der Waals surface area contributed by atoms with Crippen LogP contribution >= 0.6 is 0 Å². The first-order valence-corrected chi connectivity index (χ1v) is 3.71. The zero-order chi connectivity index (χ0) is 10.5. The predicted octanol–water partition coefficient (Wildman–Crippen LogP) is 1.71. The summed E-state index contributed by atoms with van der Waals surface area (Å²) in [4.78, 5) is 0. The van der Waals surface area contributed by atoms with Crippen molar-refractivity contribution in [3.63, 3.8) is 0 Å². The number of nitrogens with zero attached hydrogens (tertiary/aromatic N) is 2. The Hall–Kier alpha value is -1.01. The normalized spacial score (nSPS) is 9.86. The predicted molar refractivity (Wildman–Crippen MR) is 44.7 cm³/mol. The van der Waals surface area contributed by atoms with Gasteiger partial charge in [-0.2, -0.15) is 0 Å². The van der Waals surface area contributed by atoms with Crippen molar-refractivity contribution in [2.75, 3.05) is 0 Å². The van der Waals surface area contributed by atoms with E-state index in [1.807, 2.05) is 17.8 Å². The van der Waals surface area contributed by atoms with Gasteiger partial charge in [-0.15, -0.1) is 0 Å². The Bertz CT molecular complexity index is 240. The van der Waals surface area contributed by atoms with Gasteiger partial charge in [0.15, 0.2) is 0 Å². The van der Waals surface area contributed by atoms with E-state index in [0.29, 0.717) is 0 Å². The van der Waals surface area contributed by atoms with E-state index in [9.17, 15) is 17.3 Å². The molecule has 1 aromatic heterocycles. The molecule has 0 bridgehead atoms. The second-order valence-corrected chi connectivity index (χ2v) is 2.40. The Morgan fingerprint density at radius 1 is 1.29 bits per heavy atom. The number of hydrogen-bond acceptors (Lipinski definition) is 0. The van der Waals surface area contributed by atoms with E-state index in [4.69, 9.17) is 0 Å². The Labute approximate surface area is 81.3 Å². The maximum Gasteiger partial charge on any atom is 4.00 e. The van der Waals surface area contributed by atoms with Gasteiger partial charge in [-0.3, -0.25) is 0 Å². The van der Waals surface area contributed by atoms with Crippen LogP contribution in [-0.4, -0.2) is 11.8 Å². The van der Waals surface area contributed by atoms with E-state index in [2.05, 4.69) is 24.0 Å². The standard InChI is InChI=1S/C6H11N2.C.BF4/c1-3-8-5-4-7(2)6-8;;2-1(3,4)5/h4-6H,3H2,1-2H3;;/q+1;+4;-1. The van der Waals surface area contributed by atoms with Crippen LogP contribution in [0.1, 0.15) is 6.92 Å². The van der Waals surface area contributed by atoms with Crippen molar-refractivity contribution in [2.24, 2.45) is 7.05 Å². The summed E-state index contributed by atoms with van der Waals surface area (Å²) in [7, 11) is -3.98. The number of imidazole rings is 1. The summed E-state index contributed by atoms with van der Waals surface area (Å²) in [6, 6.07) is 0. The summed E-state index contributed by atoms with van der Waals surface area (Å²) >= 11 is 0. The van der Waals surface area contributed by atoms with E-state index >= 15 is 0 Å². The topological polar surface area (TPSA) is 8.81 Å². The molecule has 0 amide bonds. The van der Waals surface area contributed by atoms with Gasteiger partial charge in [0, 0.05) is 0 Å². The Morgan fingerprint density at radius 3 is 1.86 bits per heavy atom. The molecule has 2 nitrogen and oxygen atoms in total. The van der Waals surface area contributed by atoms with Crippen molar-refractivity contribution >= 4 is 7.25 Å². The van der Waals surface area contributed by atoms with E-state index < -0.39 is 7.25 Å². The van der Waals surface area contributed by atoms with Gasteiger partial charge in [-0.25, -0.2) is 9.13 Å². The van der Waals surface area contributed by atoms with Crippen LogP contribution in [0.2, 0.25) is 0 Å². The van der Waals surface area contributed by atoms with Gasteiger partial charge in [0.25, 0.3) is 0 Å². The molecule has 0 N–H and O–H groups in total. The van der Waals surface area contributed by atoms with Crippen molar-refractivity contribution in [1.82, 2.24) is 4.57 Å². The van der Waals surface area contributed by atoms with E-state index in [1.165, 1.54) is 0 Å².